The number of hydrogen-bond acceptors (Lipinski definition) is 6. The Hall–Kier alpha value is -1.92. The van der Waals surface area contributed by atoms with E-state index in [2.05, 4.69) is 15.5 Å². The van der Waals surface area contributed by atoms with E-state index in [9.17, 15) is 0 Å². The van der Waals surface area contributed by atoms with Crippen LogP contribution in [0.3, 0.4) is 0 Å². The topological polar surface area (TPSA) is 69.4 Å². The molecule has 3 rings (SSSR count). The van der Waals surface area contributed by atoms with Gasteiger partial charge in [-0.2, -0.15) is 4.98 Å². The molecule has 1 aliphatic rings. The normalized spacial score (nSPS) is 18.6. The van der Waals surface area contributed by atoms with Crippen LogP contribution < -0.4 is 10.1 Å². The van der Waals surface area contributed by atoms with Gasteiger partial charge < -0.3 is 19.3 Å². The van der Waals surface area contributed by atoms with Gasteiger partial charge in [-0.05, 0) is 19.1 Å². The minimum absolute atomic E-state index is 0.0918. The highest BCUT2D eigenvalue weighted by Crippen LogP contribution is 2.27. The second-order valence-corrected chi connectivity index (χ2v) is 4.84. The third kappa shape index (κ3) is 3.40. The molecule has 0 saturated carbocycles. The third-order valence-corrected chi connectivity index (χ3v) is 3.30. The first-order valence-electron chi connectivity index (χ1n) is 7.24. The first-order chi connectivity index (χ1) is 10.4. The molecular formula is C15H19N3O3. The molecule has 21 heavy (non-hydrogen) atoms. The Morgan fingerprint density at radius 3 is 3.10 bits per heavy atom. The van der Waals surface area contributed by atoms with Gasteiger partial charge in [-0.3, -0.25) is 0 Å². The second kappa shape index (κ2) is 6.69. The summed E-state index contributed by atoms with van der Waals surface area (Å²) >= 11 is 0. The summed E-state index contributed by atoms with van der Waals surface area (Å²) in [6, 6.07) is 7.69. The van der Waals surface area contributed by atoms with Crippen LogP contribution in [0.5, 0.6) is 5.75 Å². The number of rotatable bonds is 5. The second-order valence-electron chi connectivity index (χ2n) is 4.84. The molecule has 1 unspecified atom stereocenters. The number of hydrogen-bond donors (Lipinski definition) is 1. The van der Waals surface area contributed by atoms with Gasteiger partial charge in [-0.1, -0.05) is 17.3 Å². The van der Waals surface area contributed by atoms with Crippen molar-refractivity contribution in [1.82, 2.24) is 15.5 Å². The molecule has 1 aliphatic heterocycles. The molecule has 1 atom stereocenters. The average Bonchev–Trinajstić information content (AvgIpc) is 2.97. The predicted molar refractivity (Wildman–Crippen MR) is 77.2 cm³/mol. The van der Waals surface area contributed by atoms with Crippen molar-refractivity contribution in [3.63, 3.8) is 0 Å². The van der Waals surface area contributed by atoms with Crippen LogP contribution in [0.15, 0.2) is 28.8 Å². The van der Waals surface area contributed by atoms with E-state index in [1.807, 2.05) is 31.2 Å². The maximum absolute atomic E-state index is 5.64. The van der Waals surface area contributed by atoms with Crippen molar-refractivity contribution in [1.29, 1.82) is 0 Å². The smallest absolute Gasteiger partial charge is 0.229 e. The van der Waals surface area contributed by atoms with Crippen LogP contribution in [-0.2, 0) is 11.2 Å². The lowest BCUT2D eigenvalue weighted by Crippen LogP contribution is -2.39. The summed E-state index contributed by atoms with van der Waals surface area (Å²) in [4.78, 5) is 4.45. The SMILES string of the molecule is CCOc1ccccc1-c1noc(CC2CNCCO2)n1. The summed E-state index contributed by atoms with van der Waals surface area (Å²) in [5.41, 5.74) is 0.844. The highest BCUT2D eigenvalue weighted by molar-refractivity contribution is 5.63. The van der Waals surface area contributed by atoms with E-state index in [-0.39, 0.29) is 6.10 Å². The molecule has 0 amide bonds. The first-order valence-corrected chi connectivity index (χ1v) is 7.24. The van der Waals surface area contributed by atoms with E-state index in [4.69, 9.17) is 14.0 Å². The van der Waals surface area contributed by atoms with Gasteiger partial charge in [0.1, 0.15) is 5.75 Å². The van der Waals surface area contributed by atoms with Crippen molar-refractivity contribution in [3.05, 3.63) is 30.2 Å². The first kappa shape index (κ1) is 14.0. The minimum Gasteiger partial charge on any atom is -0.493 e. The largest absolute Gasteiger partial charge is 0.493 e. The summed E-state index contributed by atoms with van der Waals surface area (Å²) in [6.07, 6.45) is 0.714. The Bertz CT molecular complexity index is 579. The number of nitrogens with one attached hydrogen (secondary N) is 1. The maximum atomic E-state index is 5.64. The van der Waals surface area contributed by atoms with Crippen molar-refractivity contribution in [3.8, 4) is 17.1 Å². The van der Waals surface area contributed by atoms with Crippen LogP contribution in [0.4, 0.5) is 0 Å². The lowest BCUT2D eigenvalue weighted by Gasteiger charge is -2.21. The quantitative estimate of drug-likeness (QED) is 0.903. The number of nitrogens with zero attached hydrogens (tertiary/aromatic N) is 2. The lowest BCUT2D eigenvalue weighted by atomic mass is 10.2. The highest BCUT2D eigenvalue weighted by atomic mass is 16.5. The molecule has 112 valence electrons. The molecule has 1 saturated heterocycles. The molecular weight excluding hydrogens is 270 g/mol. The molecule has 1 fully saturated rings. The average molecular weight is 289 g/mol. The molecule has 1 aromatic carbocycles. The molecule has 0 spiro atoms. The van der Waals surface area contributed by atoms with Crippen molar-refractivity contribution in [2.45, 2.75) is 19.4 Å². The van der Waals surface area contributed by atoms with Crippen molar-refractivity contribution in [2.24, 2.45) is 0 Å². The zero-order chi connectivity index (χ0) is 14.5. The molecule has 6 heteroatoms. The van der Waals surface area contributed by atoms with Crippen LogP contribution in [0.2, 0.25) is 0 Å². The summed E-state index contributed by atoms with van der Waals surface area (Å²) < 4.78 is 16.6. The molecule has 1 N–H and O–H groups in total. The highest BCUT2D eigenvalue weighted by Gasteiger charge is 2.19. The fourth-order valence-electron chi connectivity index (χ4n) is 2.33. The zero-order valence-electron chi connectivity index (χ0n) is 12.0. The van der Waals surface area contributed by atoms with E-state index >= 15 is 0 Å². The Morgan fingerprint density at radius 2 is 2.29 bits per heavy atom. The number of aromatic nitrogens is 2. The van der Waals surface area contributed by atoms with Gasteiger partial charge in [0.2, 0.25) is 11.7 Å². The number of para-hydroxylation sites is 1. The van der Waals surface area contributed by atoms with E-state index in [1.54, 1.807) is 0 Å². The molecule has 0 radical (unpaired) electrons. The number of benzene rings is 1. The summed E-state index contributed by atoms with van der Waals surface area (Å²) in [5.74, 6) is 1.91. The maximum Gasteiger partial charge on any atom is 0.229 e. The summed E-state index contributed by atoms with van der Waals surface area (Å²) in [7, 11) is 0. The van der Waals surface area contributed by atoms with Crippen LogP contribution >= 0.6 is 0 Å². The molecule has 1 aromatic heterocycles. The van der Waals surface area contributed by atoms with Crippen LogP contribution in [0, 0.1) is 0 Å². The number of morpholine rings is 1. The standard InChI is InChI=1S/C15H19N3O3/c1-2-19-13-6-4-3-5-12(13)15-17-14(21-18-15)9-11-10-16-7-8-20-11/h3-6,11,16H,2,7-10H2,1H3. The molecule has 2 aromatic rings. The van der Waals surface area contributed by atoms with Crippen molar-refractivity contribution in [2.75, 3.05) is 26.3 Å². The molecule has 6 nitrogen and oxygen atoms in total. The third-order valence-electron chi connectivity index (χ3n) is 3.30. The van der Waals surface area contributed by atoms with Crippen LogP contribution in [0.25, 0.3) is 11.4 Å². The van der Waals surface area contributed by atoms with Crippen molar-refractivity contribution < 1.29 is 14.0 Å². The van der Waals surface area contributed by atoms with Gasteiger partial charge in [0, 0.05) is 13.1 Å². The van der Waals surface area contributed by atoms with Gasteiger partial charge in [0.25, 0.3) is 0 Å². The van der Waals surface area contributed by atoms with Gasteiger partial charge in [-0.25, -0.2) is 0 Å². The Balaban J connectivity index is 1.75. The van der Waals surface area contributed by atoms with Gasteiger partial charge in [0.15, 0.2) is 0 Å². The van der Waals surface area contributed by atoms with Crippen molar-refractivity contribution >= 4 is 0 Å². The Morgan fingerprint density at radius 1 is 1.38 bits per heavy atom. The van der Waals surface area contributed by atoms with Crippen LogP contribution in [-0.4, -0.2) is 42.5 Å². The summed E-state index contributed by atoms with van der Waals surface area (Å²) in [5, 5.41) is 7.34. The zero-order valence-corrected chi connectivity index (χ0v) is 12.0. The fourth-order valence-corrected chi connectivity index (χ4v) is 2.33. The van der Waals surface area contributed by atoms with E-state index < -0.39 is 0 Å². The van der Waals surface area contributed by atoms with E-state index in [0.29, 0.717) is 24.7 Å². The number of ether oxygens (including phenoxy) is 2. The van der Waals surface area contributed by atoms with E-state index in [0.717, 1.165) is 31.0 Å². The predicted octanol–water partition coefficient (Wildman–Crippen LogP) is 1.67. The Kier molecular flexibility index (Phi) is 4.47. The van der Waals surface area contributed by atoms with Gasteiger partial charge in [0.05, 0.1) is 31.3 Å². The fraction of sp³-hybridized carbons (Fsp3) is 0.467. The molecule has 2 heterocycles. The van der Waals surface area contributed by atoms with Gasteiger partial charge >= 0.3 is 0 Å². The minimum atomic E-state index is 0.0918. The lowest BCUT2D eigenvalue weighted by molar-refractivity contribution is 0.0246. The Labute approximate surface area is 123 Å². The van der Waals surface area contributed by atoms with Crippen LogP contribution in [0.1, 0.15) is 12.8 Å². The van der Waals surface area contributed by atoms with Gasteiger partial charge in [-0.15, -0.1) is 0 Å². The molecule has 0 aliphatic carbocycles. The monoisotopic (exact) mass is 289 g/mol. The summed E-state index contributed by atoms with van der Waals surface area (Å²) in [6.45, 7) is 4.98. The molecule has 0 bridgehead atoms. The van der Waals surface area contributed by atoms with E-state index in [1.165, 1.54) is 0 Å².